The van der Waals surface area contributed by atoms with Crippen molar-refractivity contribution in [2.45, 2.75) is 32.2 Å². The quantitative estimate of drug-likeness (QED) is 0.465. The minimum Gasteiger partial charge on any atom is -0.228 e. The number of aromatic nitrogens is 4. The van der Waals surface area contributed by atoms with Crippen molar-refractivity contribution in [3.8, 4) is 0 Å². The van der Waals surface area contributed by atoms with Crippen molar-refractivity contribution in [2.24, 2.45) is 0 Å². The normalized spacial score (nSPS) is 11.7. The monoisotopic (exact) mass is 441 g/mol. The number of anilines is 1. The van der Waals surface area contributed by atoms with Gasteiger partial charge in [0.25, 0.3) is 21.7 Å². The number of sulfonamides is 1. The lowest BCUT2D eigenvalue weighted by Gasteiger charge is -2.22. The SMILES string of the molecule is Cc1ccccc1CN(c1nc2nc(C)c(Cl)c(C)n2n1)S(=O)(=O)c1ccccc1. The molecule has 0 aliphatic carbocycles. The van der Waals surface area contributed by atoms with Gasteiger partial charge in [0, 0.05) is 0 Å². The van der Waals surface area contributed by atoms with E-state index in [4.69, 9.17) is 11.6 Å². The van der Waals surface area contributed by atoms with Crippen LogP contribution in [0, 0.1) is 20.8 Å². The van der Waals surface area contributed by atoms with Crippen molar-refractivity contribution in [3.05, 3.63) is 82.1 Å². The van der Waals surface area contributed by atoms with Crippen LogP contribution in [0.2, 0.25) is 5.02 Å². The molecule has 7 nitrogen and oxygen atoms in total. The highest BCUT2D eigenvalue weighted by atomic mass is 35.5. The number of hydrogen-bond acceptors (Lipinski definition) is 5. The van der Waals surface area contributed by atoms with Crippen LogP contribution in [0.4, 0.5) is 5.95 Å². The van der Waals surface area contributed by atoms with Crippen LogP contribution in [0.1, 0.15) is 22.5 Å². The van der Waals surface area contributed by atoms with Gasteiger partial charge in [0.2, 0.25) is 0 Å². The molecule has 0 saturated heterocycles. The number of aryl methyl sites for hydroxylation is 3. The Balaban J connectivity index is 1.91. The predicted molar refractivity (Wildman–Crippen MR) is 116 cm³/mol. The van der Waals surface area contributed by atoms with Crippen LogP contribution in [0.3, 0.4) is 0 Å². The minimum absolute atomic E-state index is 0.0411. The zero-order chi connectivity index (χ0) is 21.5. The molecule has 4 aromatic rings. The van der Waals surface area contributed by atoms with Crippen LogP contribution >= 0.6 is 11.6 Å². The molecule has 4 rings (SSSR count). The standard InChI is InChI=1S/C21H20ClN5O2S/c1-14-9-7-8-10-17(14)13-26(30(28,29)18-11-5-4-6-12-18)21-24-20-23-15(2)19(22)16(3)27(20)25-21/h4-12H,13H2,1-3H3. The lowest BCUT2D eigenvalue weighted by molar-refractivity contribution is 0.589. The summed E-state index contributed by atoms with van der Waals surface area (Å²) in [5.41, 5.74) is 3.08. The van der Waals surface area contributed by atoms with E-state index in [0.29, 0.717) is 22.2 Å². The molecule has 2 heterocycles. The molecule has 0 bridgehead atoms. The van der Waals surface area contributed by atoms with Crippen LogP contribution < -0.4 is 4.31 Å². The Morgan fingerprint density at radius 3 is 2.33 bits per heavy atom. The molecule has 0 atom stereocenters. The van der Waals surface area contributed by atoms with Crippen LogP contribution in [0.25, 0.3) is 5.78 Å². The Labute approximate surface area is 180 Å². The van der Waals surface area contributed by atoms with Gasteiger partial charge in [-0.25, -0.2) is 17.7 Å². The summed E-state index contributed by atoms with van der Waals surface area (Å²) in [4.78, 5) is 8.94. The molecular formula is C21H20ClN5O2S. The summed E-state index contributed by atoms with van der Waals surface area (Å²) in [6, 6.07) is 15.9. The predicted octanol–water partition coefficient (Wildman–Crippen LogP) is 4.10. The van der Waals surface area contributed by atoms with Crippen molar-refractivity contribution in [3.63, 3.8) is 0 Å². The number of benzene rings is 2. The van der Waals surface area contributed by atoms with Crippen LogP contribution in [-0.2, 0) is 16.6 Å². The molecule has 0 fully saturated rings. The van der Waals surface area contributed by atoms with E-state index in [1.165, 1.54) is 8.82 Å². The largest absolute Gasteiger partial charge is 0.267 e. The molecule has 0 radical (unpaired) electrons. The Hall–Kier alpha value is -2.97. The molecule has 0 unspecified atom stereocenters. The summed E-state index contributed by atoms with van der Waals surface area (Å²) in [6.45, 7) is 5.59. The lowest BCUT2D eigenvalue weighted by atomic mass is 10.1. The highest BCUT2D eigenvalue weighted by Gasteiger charge is 2.29. The first kappa shape index (κ1) is 20.3. The van der Waals surface area contributed by atoms with Crippen LogP contribution in [0.5, 0.6) is 0 Å². The second-order valence-corrected chi connectivity index (χ2v) is 9.21. The van der Waals surface area contributed by atoms with Gasteiger partial charge < -0.3 is 0 Å². The lowest BCUT2D eigenvalue weighted by Crippen LogP contribution is -2.32. The van der Waals surface area contributed by atoms with E-state index in [-0.39, 0.29) is 17.4 Å². The van der Waals surface area contributed by atoms with Gasteiger partial charge in [-0.3, -0.25) is 0 Å². The Kier molecular flexibility index (Phi) is 5.21. The molecular weight excluding hydrogens is 422 g/mol. The molecule has 154 valence electrons. The first-order valence-corrected chi connectivity index (χ1v) is 11.1. The van der Waals surface area contributed by atoms with Gasteiger partial charge in [0.05, 0.1) is 27.9 Å². The van der Waals surface area contributed by atoms with Crippen molar-refractivity contribution in [1.29, 1.82) is 0 Å². The van der Waals surface area contributed by atoms with E-state index < -0.39 is 10.0 Å². The van der Waals surface area contributed by atoms with Crippen LogP contribution in [-0.4, -0.2) is 28.0 Å². The van der Waals surface area contributed by atoms with Gasteiger partial charge >= 0.3 is 0 Å². The Morgan fingerprint density at radius 2 is 1.63 bits per heavy atom. The van der Waals surface area contributed by atoms with E-state index in [2.05, 4.69) is 15.1 Å². The fraction of sp³-hybridized carbons (Fsp3) is 0.190. The van der Waals surface area contributed by atoms with E-state index in [0.717, 1.165) is 11.1 Å². The topological polar surface area (TPSA) is 80.5 Å². The van der Waals surface area contributed by atoms with Crippen molar-refractivity contribution >= 4 is 33.4 Å². The van der Waals surface area contributed by atoms with E-state index in [1.807, 2.05) is 31.2 Å². The summed E-state index contributed by atoms with van der Waals surface area (Å²) >= 11 is 6.30. The molecule has 0 N–H and O–H groups in total. The zero-order valence-corrected chi connectivity index (χ0v) is 18.3. The average Bonchev–Trinajstić information content (AvgIpc) is 3.15. The Morgan fingerprint density at radius 1 is 0.967 bits per heavy atom. The molecule has 0 aliphatic rings. The maximum absolute atomic E-state index is 13.5. The highest BCUT2D eigenvalue weighted by Crippen LogP contribution is 2.26. The summed E-state index contributed by atoms with van der Waals surface area (Å²) in [5.74, 6) is 0.335. The van der Waals surface area contributed by atoms with Crippen LogP contribution in [0.15, 0.2) is 59.5 Å². The minimum atomic E-state index is -3.92. The summed E-state index contributed by atoms with van der Waals surface area (Å²) in [5, 5.41) is 4.91. The van der Waals surface area contributed by atoms with Gasteiger partial charge in [-0.2, -0.15) is 9.50 Å². The van der Waals surface area contributed by atoms with Gasteiger partial charge in [-0.1, -0.05) is 54.1 Å². The summed E-state index contributed by atoms with van der Waals surface area (Å²) < 4.78 is 29.7. The number of rotatable bonds is 5. The second-order valence-electron chi connectivity index (χ2n) is 6.97. The van der Waals surface area contributed by atoms with Gasteiger partial charge in [-0.05, 0) is 44.0 Å². The second kappa shape index (κ2) is 7.70. The molecule has 0 amide bonds. The highest BCUT2D eigenvalue weighted by molar-refractivity contribution is 7.92. The third-order valence-electron chi connectivity index (χ3n) is 4.93. The number of hydrogen-bond donors (Lipinski definition) is 0. The molecule has 30 heavy (non-hydrogen) atoms. The first-order valence-electron chi connectivity index (χ1n) is 9.31. The van der Waals surface area contributed by atoms with Crippen molar-refractivity contribution in [1.82, 2.24) is 19.6 Å². The van der Waals surface area contributed by atoms with E-state index >= 15 is 0 Å². The first-order chi connectivity index (χ1) is 14.3. The zero-order valence-electron chi connectivity index (χ0n) is 16.7. The number of fused-ring (bicyclic) bond motifs is 1. The van der Waals surface area contributed by atoms with Crippen molar-refractivity contribution < 1.29 is 8.42 Å². The fourth-order valence-corrected chi connectivity index (χ4v) is 4.65. The maximum atomic E-state index is 13.5. The average molecular weight is 442 g/mol. The smallest absolute Gasteiger partial charge is 0.228 e. The molecule has 0 saturated carbocycles. The maximum Gasteiger partial charge on any atom is 0.267 e. The third kappa shape index (κ3) is 3.53. The van der Waals surface area contributed by atoms with E-state index in [1.54, 1.807) is 44.2 Å². The van der Waals surface area contributed by atoms with Gasteiger partial charge in [0.1, 0.15) is 0 Å². The van der Waals surface area contributed by atoms with Crippen molar-refractivity contribution in [2.75, 3.05) is 4.31 Å². The number of nitrogens with zero attached hydrogens (tertiary/aromatic N) is 5. The summed E-state index contributed by atoms with van der Waals surface area (Å²) in [6.07, 6.45) is 0. The molecule has 2 aromatic heterocycles. The Bertz CT molecular complexity index is 1340. The number of halogens is 1. The molecule has 0 aliphatic heterocycles. The third-order valence-corrected chi connectivity index (χ3v) is 7.22. The molecule has 2 aromatic carbocycles. The molecule has 0 spiro atoms. The fourth-order valence-electron chi connectivity index (χ4n) is 3.18. The summed E-state index contributed by atoms with van der Waals surface area (Å²) in [7, 11) is -3.92. The van der Waals surface area contributed by atoms with E-state index in [9.17, 15) is 8.42 Å². The molecule has 9 heteroatoms. The van der Waals surface area contributed by atoms with Gasteiger partial charge in [0.15, 0.2) is 0 Å². The van der Waals surface area contributed by atoms with Gasteiger partial charge in [-0.15, -0.1) is 5.10 Å².